The third-order valence-corrected chi connectivity index (χ3v) is 12.4. The Kier molecular flexibility index (Phi) is 7.58. The lowest BCUT2D eigenvalue weighted by Crippen LogP contribution is -2.28. The minimum absolute atomic E-state index is 0.519. The van der Waals surface area contributed by atoms with Crippen LogP contribution < -0.4 is 0 Å². The number of aromatic nitrogens is 3. The maximum absolute atomic E-state index is 5.31. The van der Waals surface area contributed by atoms with Gasteiger partial charge in [-0.2, -0.15) is 0 Å². The first kappa shape index (κ1) is 32.4. The van der Waals surface area contributed by atoms with Gasteiger partial charge in [-0.1, -0.05) is 188 Å². The molecular weight excluding hydrogens is 699 g/mol. The maximum Gasteiger partial charge on any atom is 0.164 e. The lowest BCUT2D eigenvalue weighted by molar-refractivity contribution is 0.768. The van der Waals surface area contributed by atoms with Gasteiger partial charge >= 0.3 is 0 Å². The summed E-state index contributed by atoms with van der Waals surface area (Å²) in [6.07, 6.45) is 0. The third kappa shape index (κ3) is 5.00. The van der Waals surface area contributed by atoms with Crippen LogP contribution in [0.25, 0.3) is 76.6 Å². The Balaban J connectivity index is 1.11. The SMILES string of the molecule is c1ccc(-c2nc(-c3ccc(-c4cccc5sc6ccccc6c45)cc3)nc(-c3cccc4c3-c3ccccc3C4(c3ccccc3)c3ccccc3)n2)cc1. The predicted molar refractivity (Wildman–Crippen MR) is 232 cm³/mol. The highest BCUT2D eigenvalue weighted by Crippen LogP contribution is 2.58. The predicted octanol–water partition coefficient (Wildman–Crippen LogP) is 13.3. The second-order valence-corrected chi connectivity index (χ2v) is 15.4. The molecule has 2 aromatic heterocycles. The van der Waals surface area contributed by atoms with Crippen molar-refractivity contribution in [3.63, 3.8) is 0 Å². The number of hydrogen-bond donors (Lipinski definition) is 0. The van der Waals surface area contributed by atoms with Crippen molar-refractivity contribution >= 4 is 31.5 Å². The van der Waals surface area contributed by atoms with E-state index in [-0.39, 0.29) is 0 Å². The van der Waals surface area contributed by atoms with Crippen LogP contribution in [0.2, 0.25) is 0 Å². The minimum atomic E-state index is -0.519. The summed E-state index contributed by atoms with van der Waals surface area (Å²) in [5.74, 6) is 1.93. The van der Waals surface area contributed by atoms with Crippen molar-refractivity contribution in [1.29, 1.82) is 0 Å². The van der Waals surface area contributed by atoms with Crippen LogP contribution in [-0.2, 0) is 5.41 Å². The van der Waals surface area contributed by atoms with E-state index in [1.54, 1.807) is 0 Å². The van der Waals surface area contributed by atoms with E-state index in [0.29, 0.717) is 17.5 Å². The first-order chi connectivity index (χ1) is 27.8. The molecular formula is C52H33N3S. The van der Waals surface area contributed by atoms with E-state index in [2.05, 4.69) is 182 Å². The molecule has 0 saturated heterocycles. The zero-order valence-corrected chi connectivity index (χ0v) is 31.1. The van der Waals surface area contributed by atoms with Crippen molar-refractivity contribution in [3.8, 4) is 56.4 Å². The molecule has 1 aliphatic carbocycles. The van der Waals surface area contributed by atoms with E-state index < -0.39 is 5.41 Å². The summed E-state index contributed by atoms with van der Waals surface area (Å²) in [6.45, 7) is 0. The standard InChI is InChI=1S/C52H33N3S/c1-4-16-35(17-5-1)49-53-50(36-32-30-34(31-33-36)39-24-15-29-46-48(39)41-23-11-13-28-45(41)56-46)55-51(54-49)42-25-14-27-44-47(42)40-22-10-12-26-43(40)52(44,37-18-6-2-7-19-37)38-20-8-3-9-21-38/h1-33H. The molecule has 3 nitrogen and oxygen atoms in total. The summed E-state index contributed by atoms with van der Waals surface area (Å²) in [5.41, 5.74) is 12.0. The van der Waals surface area contributed by atoms with E-state index in [0.717, 1.165) is 27.8 Å². The van der Waals surface area contributed by atoms with Gasteiger partial charge in [0.2, 0.25) is 0 Å². The highest BCUT2D eigenvalue weighted by molar-refractivity contribution is 7.25. The normalized spacial score (nSPS) is 12.8. The average molecular weight is 732 g/mol. The highest BCUT2D eigenvalue weighted by atomic mass is 32.1. The second-order valence-electron chi connectivity index (χ2n) is 14.3. The van der Waals surface area contributed by atoms with Crippen LogP contribution in [0.3, 0.4) is 0 Å². The topological polar surface area (TPSA) is 38.7 Å². The van der Waals surface area contributed by atoms with Crippen molar-refractivity contribution in [1.82, 2.24) is 15.0 Å². The Bertz CT molecular complexity index is 3020. The van der Waals surface area contributed by atoms with Crippen LogP contribution in [0.4, 0.5) is 0 Å². The summed E-state index contributed by atoms with van der Waals surface area (Å²) in [5, 5.41) is 2.59. The number of thiophene rings is 1. The van der Waals surface area contributed by atoms with Gasteiger partial charge in [-0.25, -0.2) is 15.0 Å². The molecule has 4 heteroatoms. The quantitative estimate of drug-likeness (QED) is 0.171. The molecule has 0 bridgehead atoms. The fourth-order valence-electron chi connectivity index (χ4n) is 8.84. The number of nitrogens with zero attached hydrogens (tertiary/aromatic N) is 3. The first-order valence-electron chi connectivity index (χ1n) is 18.9. The van der Waals surface area contributed by atoms with Crippen LogP contribution in [-0.4, -0.2) is 15.0 Å². The second kappa shape index (κ2) is 13.1. The summed E-state index contributed by atoms with van der Waals surface area (Å²) >= 11 is 1.84. The van der Waals surface area contributed by atoms with Gasteiger partial charge in [-0.15, -0.1) is 11.3 Å². The zero-order chi connectivity index (χ0) is 37.1. The average Bonchev–Trinajstić information content (AvgIpc) is 3.82. The van der Waals surface area contributed by atoms with Crippen LogP contribution in [0.15, 0.2) is 200 Å². The smallest absolute Gasteiger partial charge is 0.164 e. The minimum Gasteiger partial charge on any atom is -0.208 e. The lowest BCUT2D eigenvalue weighted by Gasteiger charge is -2.33. The summed E-state index contributed by atoms with van der Waals surface area (Å²) in [6, 6.07) is 71.4. The van der Waals surface area contributed by atoms with Crippen LogP contribution in [0.5, 0.6) is 0 Å². The van der Waals surface area contributed by atoms with Gasteiger partial charge in [0.15, 0.2) is 17.5 Å². The molecule has 8 aromatic carbocycles. The van der Waals surface area contributed by atoms with Gasteiger partial charge in [0, 0.05) is 36.9 Å². The molecule has 11 rings (SSSR count). The van der Waals surface area contributed by atoms with E-state index in [4.69, 9.17) is 15.0 Å². The van der Waals surface area contributed by atoms with Gasteiger partial charge in [0.25, 0.3) is 0 Å². The first-order valence-corrected chi connectivity index (χ1v) is 19.8. The number of hydrogen-bond acceptors (Lipinski definition) is 4. The number of benzene rings is 8. The van der Waals surface area contributed by atoms with E-state index >= 15 is 0 Å². The molecule has 0 atom stereocenters. The maximum atomic E-state index is 5.31. The summed E-state index contributed by atoms with van der Waals surface area (Å²) in [4.78, 5) is 15.7. The summed E-state index contributed by atoms with van der Waals surface area (Å²) in [7, 11) is 0. The molecule has 0 amide bonds. The van der Waals surface area contributed by atoms with Crippen LogP contribution in [0.1, 0.15) is 22.3 Å². The number of fused-ring (bicyclic) bond motifs is 6. The van der Waals surface area contributed by atoms with Crippen molar-refractivity contribution in [2.45, 2.75) is 5.41 Å². The molecule has 0 spiro atoms. The van der Waals surface area contributed by atoms with Gasteiger partial charge in [0.05, 0.1) is 5.41 Å². The van der Waals surface area contributed by atoms with Gasteiger partial charge in [0.1, 0.15) is 0 Å². The fourth-order valence-corrected chi connectivity index (χ4v) is 9.97. The molecule has 0 radical (unpaired) electrons. The molecule has 0 saturated carbocycles. The number of rotatable bonds is 6. The molecule has 0 unspecified atom stereocenters. The fraction of sp³-hybridized carbons (Fsp3) is 0.0192. The molecule has 2 heterocycles. The lowest BCUT2D eigenvalue weighted by atomic mass is 9.67. The Labute approximate surface area is 329 Å². The molecule has 0 N–H and O–H groups in total. The highest BCUT2D eigenvalue weighted by Gasteiger charge is 2.47. The Hall–Kier alpha value is -7.01. The molecule has 56 heavy (non-hydrogen) atoms. The van der Waals surface area contributed by atoms with E-state index in [1.165, 1.54) is 53.6 Å². The Morgan fingerprint density at radius 2 is 0.839 bits per heavy atom. The summed E-state index contributed by atoms with van der Waals surface area (Å²) < 4.78 is 2.60. The van der Waals surface area contributed by atoms with Gasteiger partial charge in [-0.3, -0.25) is 0 Å². The molecule has 262 valence electrons. The molecule has 10 aromatic rings. The van der Waals surface area contributed by atoms with Crippen molar-refractivity contribution in [2.24, 2.45) is 0 Å². The van der Waals surface area contributed by atoms with Crippen LogP contribution in [0, 0.1) is 0 Å². The monoisotopic (exact) mass is 731 g/mol. The Morgan fingerprint density at radius 3 is 1.57 bits per heavy atom. The zero-order valence-electron chi connectivity index (χ0n) is 30.3. The van der Waals surface area contributed by atoms with Crippen molar-refractivity contribution < 1.29 is 0 Å². The Morgan fingerprint density at radius 1 is 0.339 bits per heavy atom. The van der Waals surface area contributed by atoms with Crippen molar-refractivity contribution in [3.05, 3.63) is 222 Å². The molecule has 0 fully saturated rings. The molecule has 1 aliphatic rings. The third-order valence-electron chi connectivity index (χ3n) is 11.2. The van der Waals surface area contributed by atoms with Crippen LogP contribution >= 0.6 is 11.3 Å². The van der Waals surface area contributed by atoms with Gasteiger partial charge in [-0.05, 0) is 56.6 Å². The largest absolute Gasteiger partial charge is 0.208 e. The van der Waals surface area contributed by atoms with E-state index in [1.807, 2.05) is 29.5 Å². The molecule has 0 aliphatic heterocycles. The van der Waals surface area contributed by atoms with Crippen molar-refractivity contribution in [2.75, 3.05) is 0 Å². The van der Waals surface area contributed by atoms with Gasteiger partial charge < -0.3 is 0 Å². The van der Waals surface area contributed by atoms with E-state index in [9.17, 15) is 0 Å².